The van der Waals surface area contributed by atoms with Crippen LogP contribution in [0.25, 0.3) is 0 Å². The van der Waals surface area contributed by atoms with Crippen LogP contribution < -0.4 is 14.4 Å². The van der Waals surface area contributed by atoms with E-state index in [2.05, 4.69) is 5.32 Å². The van der Waals surface area contributed by atoms with E-state index in [0.717, 1.165) is 27.6 Å². The molecule has 0 spiro atoms. The molecule has 0 saturated carbocycles. The highest BCUT2D eigenvalue weighted by Gasteiger charge is 2.27. The normalized spacial score (nSPS) is 11.2. The van der Waals surface area contributed by atoms with Crippen molar-refractivity contribution in [2.75, 3.05) is 30.3 Å². The van der Waals surface area contributed by atoms with E-state index in [9.17, 15) is 13.2 Å². The highest BCUT2D eigenvalue weighted by Crippen LogP contribution is 2.27. The Labute approximate surface area is 216 Å². The molecule has 9 heteroatoms. The molecule has 0 aliphatic rings. The van der Waals surface area contributed by atoms with E-state index in [4.69, 9.17) is 16.3 Å². The summed E-state index contributed by atoms with van der Waals surface area (Å²) in [6, 6.07) is 20.9. The minimum Gasteiger partial charge on any atom is -0.494 e. The Morgan fingerprint density at radius 2 is 1.66 bits per heavy atom. The zero-order valence-electron chi connectivity index (χ0n) is 19.7. The van der Waals surface area contributed by atoms with Crippen molar-refractivity contribution in [1.29, 1.82) is 0 Å². The molecule has 0 saturated heterocycles. The Kier molecular flexibility index (Phi) is 9.89. The number of hydrogen-bond donors (Lipinski definition) is 1. The lowest BCUT2D eigenvalue weighted by atomic mass is 10.1. The molecule has 0 aromatic heterocycles. The number of ether oxygens (including phenoxy) is 1. The first-order valence-electron chi connectivity index (χ1n) is 11.2. The number of aryl methyl sites for hydroxylation is 1. The number of rotatable bonds is 12. The summed E-state index contributed by atoms with van der Waals surface area (Å²) in [5, 5.41) is 3.52. The molecule has 3 rings (SSSR count). The molecule has 0 aliphatic carbocycles. The number of carbonyl (C=O) groups excluding carboxylic acids is 1. The van der Waals surface area contributed by atoms with Gasteiger partial charge in [-0.25, -0.2) is 8.42 Å². The third-order valence-corrected chi connectivity index (χ3v) is 8.03. The molecular weight excluding hydrogens is 504 g/mol. The molecular formula is C26H29ClN2O4S2. The van der Waals surface area contributed by atoms with Crippen molar-refractivity contribution in [3.63, 3.8) is 0 Å². The third kappa shape index (κ3) is 7.65. The smallest absolute Gasteiger partial charge is 0.264 e. The molecule has 3 aromatic carbocycles. The van der Waals surface area contributed by atoms with Crippen LogP contribution in [0.15, 0.2) is 82.6 Å². The first kappa shape index (κ1) is 26.9. The number of amides is 1. The molecule has 0 atom stereocenters. The second kappa shape index (κ2) is 12.9. The molecule has 0 fully saturated rings. The maximum Gasteiger partial charge on any atom is 0.264 e. The van der Waals surface area contributed by atoms with E-state index in [1.165, 1.54) is 11.8 Å². The maximum absolute atomic E-state index is 13.5. The van der Waals surface area contributed by atoms with Gasteiger partial charge in [-0.3, -0.25) is 9.10 Å². The van der Waals surface area contributed by atoms with Gasteiger partial charge in [-0.15, -0.1) is 11.8 Å². The number of benzene rings is 3. The summed E-state index contributed by atoms with van der Waals surface area (Å²) < 4.78 is 33.6. The fourth-order valence-electron chi connectivity index (χ4n) is 3.42. The molecule has 186 valence electrons. The number of hydrogen-bond acceptors (Lipinski definition) is 5. The van der Waals surface area contributed by atoms with Gasteiger partial charge in [-0.2, -0.15) is 0 Å². The van der Waals surface area contributed by atoms with E-state index in [-0.39, 0.29) is 17.3 Å². The van der Waals surface area contributed by atoms with Gasteiger partial charge in [0.2, 0.25) is 5.91 Å². The molecule has 0 bridgehead atoms. The second-order valence-electron chi connectivity index (χ2n) is 7.69. The standard InChI is InChI=1S/C26H29ClN2O4S2/c1-3-33-23-12-10-22(11-13-23)29(35(31,32)25-16-14-24(34-2)15-17-25)19-26(30)28-18-4-5-20-6-8-21(27)9-7-20/h6-17H,3-5,18-19H2,1-2H3,(H,28,30). The summed E-state index contributed by atoms with van der Waals surface area (Å²) in [6.45, 7) is 2.48. The lowest BCUT2D eigenvalue weighted by Crippen LogP contribution is -2.41. The van der Waals surface area contributed by atoms with Gasteiger partial charge in [-0.05, 0) is 92.2 Å². The Bertz CT molecular complexity index is 1200. The molecule has 0 heterocycles. The predicted molar refractivity (Wildman–Crippen MR) is 143 cm³/mol. The maximum atomic E-state index is 13.5. The minimum absolute atomic E-state index is 0.125. The highest BCUT2D eigenvalue weighted by atomic mass is 35.5. The van der Waals surface area contributed by atoms with Gasteiger partial charge in [0.05, 0.1) is 17.2 Å². The fourth-order valence-corrected chi connectivity index (χ4v) is 5.38. The average molecular weight is 533 g/mol. The Balaban J connectivity index is 1.73. The molecule has 1 amide bonds. The number of nitrogens with one attached hydrogen (secondary N) is 1. The van der Waals surface area contributed by atoms with Crippen molar-refractivity contribution >= 4 is 45.0 Å². The number of nitrogens with zero attached hydrogens (tertiary/aromatic N) is 1. The zero-order chi connectivity index (χ0) is 25.3. The quantitative estimate of drug-likeness (QED) is 0.249. The molecule has 0 aliphatic heterocycles. The topological polar surface area (TPSA) is 75.7 Å². The van der Waals surface area contributed by atoms with Gasteiger partial charge in [0.15, 0.2) is 0 Å². The average Bonchev–Trinajstić information content (AvgIpc) is 2.87. The molecule has 3 aromatic rings. The van der Waals surface area contributed by atoms with E-state index in [0.29, 0.717) is 29.6 Å². The van der Waals surface area contributed by atoms with Crippen LogP contribution in [-0.2, 0) is 21.2 Å². The van der Waals surface area contributed by atoms with Crippen molar-refractivity contribution in [2.45, 2.75) is 29.6 Å². The van der Waals surface area contributed by atoms with Gasteiger partial charge in [-0.1, -0.05) is 23.7 Å². The zero-order valence-corrected chi connectivity index (χ0v) is 22.1. The Hall–Kier alpha value is -2.68. The van der Waals surface area contributed by atoms with Gasteiger partial charge in [0.1, 0.15) is 12.3 Å². The lowest BCUT2D eigenvalue weighted by molar-refractivity contribution is -0.119. The van der Waals surface area contributed by atoms with E-state index >= 15 is 0 Å². The molecule has 1 N–H and O–H groups in total. The van der Waals surface area contributed by atoms with Crippen LogP contribution in [0.1, 0.15) is 18.9 Å². The predicted octanol–water partition coefficient (Wildman–Crippen LogP) is 5.40. The number of thioether (sulfide) groups is 1. The van der Waals surface area contributed by atoms with E-state index in [1.807, 2.05) is 37.4 Å². The van der Waals surface area contributed by atoms with Crippen LogP contribution in [-0.4, -0.2) is 40.3 Å². The van der Waals surface area contributed by atoms with Gasteiger partial charge in [0.25, 0.3) is 10.0 Å². The van der Waals surface area contributed by atoms with E-state index < -0.39 is 10.0 Å². The second-order valence-corrected chi connectivity index (χ2v) is 10.9. The molecule has 0 radical (unpaired) electrons. The van der Waals surface area contributed by atoms with Crippen LogP contribution in [0.4, 0.5) is 5.69 Å². The number of halogens is 1. The minimum atomic E-state index is -3.97. The first-order valence-corrected chi connectivity index (χ1v) is 14.3. The van der Waals surface area contributed by atoms with Crippen LogP contribution >= 0.6 is 23.4 Å². The molecule has 0 unspecified atom stereocenters. The molecule has 6 nitrogen and oxygen atoms in total. The molecule has 35 heavy (non-hydrogen) atoms. The Morgan fingerprint density at radius 3 is 2.26 bits per heavy atom. The van der Waals surface area contributed by atoms with Crippen molar-refractivity contribution in [3.05, 3.63) is 83.4 Å². The SMILES string of the molecule is CCOc1ccc(N(CC(=O)NCCCc2ccc(Cl)cc2)S(=O)(=O)c2ccc(SC)cc2)cc1. The van der Waals surface area contributed by atoms with Crippen molar-refractivity contribution in [3.8, 4) is 5.75 Å². The summed E-state index contributed by atoms with van der Waals surface area (Å²) in [4.78, 5) is 13.8. The fraction of sp³-hybridized carbons (Fsp3) is 0.269. The van der Waals surface area contributed by atoms with Gasteiger partial charge >= 0.3 is 0 Å². The van der Waals surface area contributed by atoms with Crippen LogP contribution in [0.3, 0.4) is 0 Å². The number of sulfonamides is 1. The van der Waals surface area contributed by atoms with Crippen molar-refractivity contribution < 1.29 is 17.9 Å². The summed E-state index contributed by atoms with van der Waals surface area (Å²) in [5.41, 5.74) is 1.51. The van der Waals surface area contributed by atoms with Crippen molar-refractivity contribution in [2.24, 2.45) is 0 Å². The Morgan fingerprint density at radius 1 is 1.00 bits per heavy atom. The first-order chi connectivity index (χ1) is 16.8. The number of anilines is 1. The summed E-state index contributed by atoms with van der Waals surface area (Å²) in [7, 11) is -3.97. The number of carbonyl (C=O) groups is 1. The third-order valence-electron chi connectivity index (χ3n) is 5.25. The van der Waals surface area contributed by atoms with Crippen LogP contribution in [0.5, 0.6) is 5.75 Å². The summed E-state index contributed by atoms with van der Waals surface area (Å²) in [5.74, 6) is 0.254. The summed E-state index contributed by atoms with van der Waals surface area (Å²) in [6.07, 6.45) is 3.42. The highest BCUT2D eigenvalue weighted by molar-refractivity contribution is 7.98. The van der Waals surface area contributed by atoms with Crippen LogP contribution in [0.2, 0.25) is 5.02 Å². The monoisotopic (exact) mass is 532 g/mol. The van der Waals surface area contributed by atoms with Gasteiger partial charge in [0, 0.05) is 16.5 Å². The van der Waals surface area contributed by atoms with E-state index in [1.54, 1.807) is 48.5 Å². The summed E-state index contributed by atoms with van der Waals surface area (Å²) >= 11 is 7.44. The van der Waals surface area contributed by atoms with Crippen molar-refractivity contribution in [1.82, 2.24) is 5.32 Å². The lowest BCUT2D eigenvalue weighted by Gasteiger charge is -2.24. The van der Waals surface area contributed by atoms with Crippen LogP contribution in [0, 0.1) is 0 Å². The largest absolute Gasteiger partial charge is 0.494 e. The van der Waals surface area contributed by atoms with Gasteiger partial charge < -0.3 is 10.1 Å².